The van der Waals surface area contributed by atoms with E-state index in [2.05, 4.69) is 21.1 Å². The highest BCUT2D eigenvalue weighted by Gasteiger charge is 2.22. The maximum atomic E-state index is 5.43. The summed E-state index contributed by atoms with van der Waals surface area (Å²) in [6, 6.07) is 1.11. The maximum Gasteiger partial charge on any atom is 0.203 e. The highest BCUT2D eigenvalue weighted by Crippen LogP contribution is 2.25. The first-order chi connectivity index (χ1) is 7.93. The number of nitrogens with zero attached hydrogens (tertiary/aromatic N) is 2. The molecule has 0 bridgehead atoms. The summed E-state index contributed by atoms with van der Waals surface area (Å²) < 4.78 is 7.67. The molecule has 1 aliphatic carbocycles. The molecule has 3 rings (SSSR count). The van der Waals surface area contributed by atoms with Crippen molar-refractivity contribution in [3.8, 4) is 0 Å². The molecule has 16 heavy (non-hydrogen) atoms. The topological polar surface area (TPSA) is 39.1 Å². The van der Waals surface area contributed by atoms with Gasteiger partial charge in [0.15, 0.2) is 0 Å². The van der Waals surface area contributed by atoms with Gasteiger partial charge in [-0.2, -0.15) is 0 Å². The van der Waals surface area contributed by atoms with Gasteiger partial charge in [-0.1, -0.05) is 12.8 Å². The van der Waals surface area contributed by atoms with Gasteiger partial charge in [-0.15, -0.1) is 0 Å². The van der Waals surface area contributed by atoms with Crippen LogP contribution < -0.4 is 5.32 Å². The van der Waals surface area contributed by atoms with Gasteiger partial charge in [0.05, 0.1) is 12.6 Å². The maximum absolute atomic E-state index is 5.43. The highest BCUT2D eigenvalue weighted by atomic mass is 16.5. The van der Waals surface area contributed by atoms with Crippen molar-refractivity contribution >= 4 is 5.95 Å². The van der Waals surface area contributed by atoms with Gasteiger partial charge in [0.25, 0.3) is 0 Å². The molecular weight excluding hydrogens is 202 g/mol. The second kappa shape index (κ2) is 4.45. The predicted molar refractivity (Wildman–Crippen MR) is 62.6 cm³/mol. The molecule has 2 fully saturated rings. The van der Waals surface area contributed by atoms with Gasteiger partial charge in [-0.05, 0) is 19.3 Å². The number of aromatic nitrogens is 2. The van der Waals surface area contributed by atoms with Gasteiger partial charge in [0.1, 0.15) is 0 Å². The zero-order valence-corrected chi connectivity index (χ0v) is 9.56. The second-order valence-corrected chi connectivity index (χ2v) is 4.80. The van der Waals surface area contributed by atoms with E-state index in [1.54, 1.807) is 0 Å². The number of ether oxygens (including phenoxy) is 1. The lowest BCUT2D eigenvalue weighted by Crippen LogP contribution is -2.20. The van der Waals surface area contributed by atoms with E-state index in [1.807, 2.05) is 6.20 Å². The van der Waals surface area contributed by atoms with Crippen LogP contribution in [0.1, 0.15) is 38.1 Å². The van der Waals surface area contributed by atoms with Gasteiger partial charge in [-0.3, -0.25) is 0 Å². The zero-order valence-electron chi connectivity index (χ0n) is 9.56. The minimum absolute atomic E-state index is 0.478. The first kappa shape index (κ1) is 10.1. The molecular formula is C12H19N3O. The third-order valence-electron chi connectivity index (χ3n) is 3.66. The van der Waals surface area contributed by atoms with Crippen molar-refractivity contribution in [2.75, 3.05) is 18.5 Å². The van der Waals surface area contributed by atoms with Crippen molar-refractivity contribution in [2.24, 2.45) is 0 Å². The molecule has 1 unspecified atom stereocenters. The van der Waals surface area contributed by atoms with Crippen molar-refractivity contribution in [3.63, 3.8) is 0 Å². The summed E-state index contributed by atoms with van der Waals surface area (Å²) in [5.74, 6) is 1.03. The lowest BCUT2D eigenvalue weighted by atomic mass is 10.2. The number of hydrogen-bond acceptors (Lipinski definition) is 3. The van der Waals surface area contributed by atoms with Crippen LogP contribution in [-0.2, 0) is 4.74 Å². The van der Waals surface area contributed by atoms with Crippen LogP contribution in [0.5, 0.6) is 0 Å². The van der Waals surface area contributed by atoms with E-state index < -0.39 is 0 Å². The van der Waals surface area contributed by atoms with Gasteiger partial charge in [-0.25, -0.2) is 4.98 Å². The quantitative estimate of drug-likeness (QED) is 0.850. The lowest BCUT2D eigenvalue weighted by molar-refractivity contribution is 0.187. The smallest absolute Gasteiger partial charge is 0.203 e. The van der Waals surface area contributed by atoms with Crippen LogP contribution in [0.25, 0.3) is 0 Å². The zero-order chi connectivity index (χ0) is 10.8. The molecule has 1 atom stereocenters. The largest absolute Gasteiger partial charge is 0.379 e. The fourth-order valence-electron chi connectivity index (χ4n) is 2.71. The Morgan fingerprint density at radius 3 is 2.94 bits per heavy atom. The van der Waals surface area contributed by atoms with Crippen LogP contribution in [0.3, 0.4) is 0 Å². The molecule has 0 radical (unpaired) electrons. The second-order valence-electron chi connectivity index (χ2n) is 4.80. The van der Waals surface area contributed by atoms with E-state index in [9.17, 15) is 0 Å². The molecule has 0 amide bonds. The van der Waals surface area contributed by atoms with Crippen molar-refractivity contribution in [1.82, 2.24) is 9.55 Å². The molecule has 1 N–H and O–H groups in total. The Morgan fingerprint density at radius 1 is 1.31 bits per heavy atom. The van der Waals surface area contributed by atoms with Crippen LogP contribution >= 0.6 is 0 Å². The molecule has 0 aromatic carbocycles. The van der Waals surface area contributed by atoms with E-state index in [-0.39, 0.29) is 0 Å². The Balaban J connectivity index is 1.71. The third kappa shape index (κ3) is 1.94. The highest BCUT2D eigenvalue weighted by molar-refractivity contribution is 5.29. The Morgan fingerprint density at radius 2 is 2.19 bits per heavy atom. The first-order valence-corrected chi connectivity index (χ1v) is 6.30. The van der Waals surface area contributed by atoms with Crippen molar-refractivity contribution in [3.05, 3.63) is 12.4 Å². The molecule has 4 nitrogen and oxygen atoms in total. The normalized spacial score (nSPS) is 26.4. The summed E-state index contributed by atoms with van der Waals surface area (Å²) in [4.78, 5) is 4.42. The number of hydrogen-bond donors (Lipinski definition) is 1. The van der Waals surface area contributed by atoms with Crippen molar-refractivity contribution in [1.29, 1.82) is 0 Å². The summed E-state index contributed by atoms with van der Waals surface area (Å²) in [7, 11) is 0. The molecule has 1 aromatic heterocycles. The van der Waals surface area contributed by atoms with Gasteiger partial charge in [0, 0.05) is 25.0 Å². The molecule has 1 aromatic rings. The molecule has 4 heteroatoms. The van der Waals surface area contributed by atoms with E-state index in [1.165, 1.54) is 25.7 Å². The Kier molecular flexibility index (Phi) is 2.82. The number of nitrogens with one attached hydrogen (secondary N) is 1. The van der Waals surface area contributed by atoms with Crippen molar-refractivity contribution < 1.29 is 4.74 Å². The first-order valence-electron chi connectivity index (χ1n) is 6.30. The minimum Gasteiger partial charge on any atom is -0.379 e. The Bertz CT molecular complexity index is 338. The molecule has 2 heterocycles. The standard InChI is InChI=1S/C12H19N3O/c1-2-4-10(3-1)14-12-13-6-7-15(12)11-5-8-16-9-11/h6-7,10-11H,1-5,8-9H2,(H,13,14). The summed E-state index contributed by atoms with van der Waals surface area (Å²) in [6.07, 6.45) is 10.3. The van der Waals surface area contributed by atoms with Gasteiger partial charge in [0.2, 0.25) is 5.95 Å². The summed E-state index contributed by atoms with van der Waals surface area (Å²) >= 11 is 0. The minimum atomic E-state index is 0.478. The Labute approximate surface area is 96.0 Å². The Hall–Kier alpha value is -1.03. The van der Waals surface area contributed by atoms with Crippen LogP contribution in [0.2, 0.25) is 0 Å². The third-order valence-corrected chi connectivity index (χ3v) is 3.66. The van der Waals surface area contributed by atoms with Gasteiger partial charge >= 0.3 is 0 Å². The monoisotopic (exact) mass is 221 g/mol. The summed E-state index contributed by atoms with van der Waals surface area (Å²) in [5.41, 5.74) is 0. The number of rotatable bonds is 3. The average Bonchev–Trinajstić information content (AvgIpc) is 2.98. The van der Waals surface area contributed by atoms with E-state index in [0.717, 1.165) is 25.6 Å². The van der Waals surface area contributed by atoms with E-state index in [0.29, 0.717) is 12.1 Å². The molecule has 88 valence electrons. The fraction of sp³-hybridized carbons (Fsp3) is 0.750. The molecule has 2 aliphatic rings. The van der Waals surface area contributed by atoms with Crippen LogP contribution in [0.4, 0.5) is 5.95 Å². The number of anilines is 1. The van der Waals surface area contributed by atoms with E-state index >= 15 is 0 Å². The fourth-order valence-corrected chi connectivity index (χ4v) is 2.71. The number of imidazole rings is 1. The van der Waals surface area contributed by atoms with Gasteiger partial charge < -0.3 is 14.6 Å². The van der Waals surface area contributed by atoms with Crippen LogP contribution in [0.15, 0.2) is 12.4 Å². The SMILES string of the molecule is c1cn(C2CCOC2)c(NC2CCCC2)n1. The summed E-state index contributed by atoms with van der Waals surface area (Å²) in [5, 5.41) is 3.56. The van der Waals surface area contributed by atoms with E-state index in [4.69, 9.17) is 4.74 Å². The lowest BCUT2D eigenvalue weighted by Gasteiger charge is -2.17. The molecule has 1 saturated heterocycles. The van der Waals surface area contributed by atoms with Crippen LogP contribution in [-0.4, -0.2) is 28.8 Å². The van der Waals surface area contributed by atoms with Crippen LogP contribution in [0, 0.1) is 0 Å². The molecule has 1 aliphatic heterocycles. The summed E-state index contributed by atoms with van der Waals surface area (Å²) in [6.45, 7) is 1.71. The predicted octanol–water partition coefficient (Wildman–Crippen LogP) is 2.20. The molecule has 0 spiro atoms. The molecule has 1 saturated carbocycles. The average molecular weight is 221 g/mol. The van der Waals surface area contributed by atoms with Crippen molar-refractivity contribution in [2.45, 2.75) is 44.2 Å².